The van der Waals surface area contributed by atoms with Crippen LogP contribution in [0.1, 0.15) is 16.5 Å². The van der Waals surface area contributed by atoms with Gasteiger partial charge in [0.2, 0.25) is 0 Å². The van der Waals surface area contributed by atoms with Crippen LogP contribution in [0, 0.1) is 5.82 Å². The van der Waals surface area contributed by atoms with Gasteiger partial charge in [0.1, 0.15) is 11.9 Å². The lowest BCUT2D eigenvalue weighted by Crippen LogP contribution is -1.97. The zero-order valence-corrected chi connectivity index (χ0v) is 11.9. The maximum Gasteiger partial charge on any atom is 0.137 e. The van der Waals surface area contributed by atoms with Crippen LogP contribution in [0.5, 0.6) is 0 Å². The lowest BCUT2D eigenvalue weighted by molar-refractivity contribution is 0.224. The molecule has 1 atom stereocenters. The van der Waals surface area contributed by atoms with Gasteiger partial charge in [0.25, 0.3) is 0 Å². The predicted octanol–water partition coefficient (Wildman–Crippen LogP) is 4.49. The monoisotopic (exact) mass is 364 g/mol. The van der Waals surface area contributed by atoms with Crippen molar-refractivity contribution in [3.63, 3.8) is 0 Å². The van der Waals surface area contributed by atoms with Crippen LogP contribution in [0.2, 0.25) is 0 Å². The Hall–Kier alpha value is -0.230. The Morgan fingerprint density at radius 1 is 1.19 bits per heavy atom. The van der Waals surface area contributed by atoms with E-state index in [1.807, 2.05) is 12.1 Å². The fourth-order valence-electron chi connectivity index (χ4n) is 1.32. The van der Waals surface area contributed by atoms with Crippen molar-refractivity contribution < 1.29 is 9.50 Å². The van der Waals surface area contributed by atoms with Crippen molar-refractivity contribution in [2.45, 2.75) is 6.10 Å². The molecule has 0 saturated heterocycles. The van der Waals surface area contributed by atoms with Gasteiger partial charge >= 0.3 is 0 Å². The highest BCUT2D eigenvalue weighted by atomic mass is 79.9. The molecule has 1 N–H and O–H groups in total. The molecule has 1 aromatic carbocycles. The van der Waals surface area contributed by atoms with Crippen LogP contribution in [-0.4, -0.2) is 5.11 Å². The van der Waals surface area contributed by atoms with Crippen molar-refractivity contribution in [1.82, 2.24) is 0 Å². The number of hydrogen-bond acceptors (Lipinski definition) is 2. The van der Waals surface area contributed by atoms with E-state index in [2.05, 4.69) is 31.9 Å². The first-order valence-electron chi connectivity index (χ1n) is 4.46. The van der Waals surface area contributed by atoms with E-state index in [0.717, 1.165) is 8.66 Å². The van der Waals surface area contributed by atoms with Crippen LogP contribution >= 0.6 is 43.2 Å². The van der Waals surface area contributed by atoms with Gasteiger partial charge in [-0.3, -0.25) is 0 Å². The molecule has 2 rings (SSSR count). The highest BCUT2D eigenvalue weighted by molar-refractivity contribution is 9.11. The summed E-state index contributed by atoms with van der Waals surface area (Å²) in [5.74, 6) is -0.330. The topological polar surface area (TPSA) is 20.2 Å². The molecule has 0 aliphatic carbocycles. The van der Waals surface area contributed by atoms with E-state index in [9.17, 15) is 9.50 Å². The molecule has 0 bridgehead atoms. The molecule has 0 aliphatic rings. The largest absolute Gasteiger partial charge is 0.383 e. The summed E-state index contributed by atoms with van der Waals surface area (Å²) in [5, 5.41) is 10.1. The summed E-state index contributed by atoms with van der Waals surface area (Å²) in [6.07, 6.45) is -0.715. The lowest BCUT2D eigenvalue weighted by atomic mass is 10.1. The summed E-state index contributed by atoms with van der Waals surface area (Å²) in [7, 11) is 0. The number of thiophene rings is 1. The van der Waals surface area contributed by atoms with Gasteiger partial charge in [-0.05, 0) is 61.7 Å². The molecule has 1 unspecified atom stereocenters. The van der Waals surface area contributed by atoms with Crippen LogP contribution in [0.25, 0.3) is 0 Å². The second kappa shape index (κ2) is 4.96. The maximum absolute atomic E-state index is 13.0. The van der Waals surface area contributed by atoms with Crippen LogP contribution in [0.4, 0.5) is 4.39 Å². The van der Waals surface area contributed by atoms with Gasteiger partial charge in [-0.1, -0.05) is 6.07 Å². The Morgan fingerprint density at radius 2 is 1.94 bits per heavy atom. The molecule has 1 heterocycles. The molecule has 0 amide bonds. The Kier molecular flexibility index (Phi) is 3.79. The minimum Gasteiger partial charge on any atom is -0.383 e. The summed E-state index contributed by atoms with van der Waals surface area (Å²) in [4.78, 5) is 0.824. The second-order valence-corrected chi connectivity index (χ2v) is 6.57. The van der Waals surface area contributed by atoms with Crippen molar-refractivity contribution in [1.29, 1.82) is 0 Å². The third-order valence-corrected chi connectivity index (χ3v) is 4.41. The Labute approximate surface area is 113 Å². The van der Waals surface area contributed by atoms with Crippen molar-refractivity contribution in [2.75, 3.05) is 0 Å². The summed E-state index contributed by atoms with van der Waals surface area (Å²) >= 11 is 7.90. The molecular weight excluding hydrogens is 359 g/mol. The number of hydrogen-bond donors (Lipinski definition) is 1. The van der Waals surface area contributed by atoms with Gasteiger partial charge in [0.15, 0.2) is 0 Å². The van der Waals surface area contributed by atoms with Crippen LogP contribution in [-0.2, 0) is 0 Å². The first kappa shape index (κ1) is 12.2. The SMILES string of the molecule is OC(c1ccc(F)c(Br)c1)c1ccc(Br)s1. The average Bonchev–Trinajstić information content (AvgIpc) is 2.68. The van der Waals surface area contributed by atoms with Crippen molar-refractivity contribution in [3.05, 3.63) is 54.8 Å². The van der Waals surface area contributed by atoms with Gasteiger partial charge < -0.3 is 5.11 Å². The molecule has 0 aliphatic heterocycles. The Bertz CT molecular complexity index is 512. The number of rotatable bonds is 2. The molecule has 0 saturated carbocycles. The third kappa shape index (κ3) is 2.53. The Morgan fingerprint density at radius 3 is 2.50 bits per heavy atom. The number of aliphatic hydroxyl groups excluding tert-OH is 1. The summed E-state index contributed by atoms with van der Waals surface area (Å²) in [6.45, 7) is 0. The highest BCUT2D eigenvalue weighted by Crippen LogP contribution is 2.32. The minimum absolute atomic E-state index is 0.330. The number of aliphatic hydroxyl groups is 1. The number of halogens is 3. The maximum atomic E-state index is 13.0. The first-order chi connectivity index (χ1) is 7.58. The molecule has 84 valence electrons. The average molecular weight is 366 g/mol. The van der Waals surface area contributed by atoms with E-state index in [0.29, 0.717) is 10.0 Å². The highest BCUT2D eigenvalue weighted by Gasteiger charge is 2.13. The lowest BCUT2D eigenvalue weighted by Gasteiger charge is -2.09. The van der Waals surface area contributed by atoms with E-state index in [1.165, 1.54) is 17.4 Å². The van der Waals surface area contributed by atoms with Gasteiger partial charge in [-0.2, -0.15) is 0 Å². The third-order valence-electron chi connectivity index (χ3n) is 2.12. The van der Waals surface area contributed by atoms with Crippen LogP contribution in [0.15, 0.2) is 38.6 Å². The number of benzene rings is 1. The Balaban J connectivity index is 2.33. The molecular formula is C11H7Br2FOS. The van der Waals surface area contributed by atoms with E-state index in [4.69, 9.17) is 0 Å². The standard InChI is InChI=1S/C11H7Br2FOS/c12-7-5-6(1-2-8(7)14)11(15)9-3-4-10(13)16-9/h1-5,11,15H. The van der Waals surface area contributed by atoms with E-state index in [-0.39, 0.29) is 5.82 Å². The fourth-order valence-corrected chi connectivity index (χ4v) is 3.16. The van der Waals surface area contributed by atoms with Crippen molar-refractivity contribution in [3.8, 4) is 0 Å². The molecule has 2 aromatic rings. The van der Waals surface area contributed by atoms with E-state index < -0.39 is 6.10 Å². The molecule has 1 aromatic heterocycles. The van der Waals surface area contributed by atoms with E-state index in [1.54, 1.807) is 12.1 Å². The quantitative estimate of drug-likeness (QED) is 0.831. The zero-order chi connectivity index (χ0) is 11.7. The van der Waals surface area contributed by atoms with Gasteiger partial charge in [-0.25, -0.2) is 4.39 Å². The van der Waals surface area contributed by atoms with Gasteiger partial charge in [0, 0.05) is 4.88 Å². The fraction of sp³-hybridized carbons (Fsp3) is 0.0909. The summed E-state index contributed by atoms with van der Waals surface area (Å²) < 4.78 is 14.4. The van der Waals surface area contributed by atoms with Gasteiger partial charge in [0.05, 0.1) is 8.26 Å². The summed E-state index contributed by atoms with van der Waals surface area (Å²) in [6, 6.07) is 8.23. The van der Waals surface area contributed by atoms with Crippen LogP contribution < -0.4 is 0 Å². The smallest absolute Gasteiger partial charge is 0.137 e. The van der Waals surface area contributed by atoms with Crippen LogP contribution in [0.3, 0.4) is 0 Å². The van der Waals surface area contributed by atoms with Crippen molar-refractivity contribution in [2.24, 2.45) is 0 Å². The molecule has 0 spiro atoms. The van der Waals surface area contributed by atoms with Crippen molar-refractivity contribution >= 4 is 43.2 Å². The van der Waals surface area contributed by atoms with E-state index >= 15 is 0 Å². The predicted molar refractivity (Wildman–Crippen MR) is 70.2 cm³/mol. The normalized spacial score (nSPS) is 12.8. The second-order valence-electron chi connectivity index (χ2n) is 3.22. The summed E-state index contributed by atoms with van der Waals surface area (Å²) in [5.41, 5.74) is 0.669. The molecule has 16 heavy (non-hydrogen) atoms. The first-order valence-corrected chi connectivity index (χ1v) is 6.86. The van der Waals surface area contributed by atoms with Gasteiger partial charge in [-0.15, -0.1) is 11.3 Å². The molecule has 0 fully saturated rings. The zero-order valence-electron chi connectivity index (χ0n) is 7.95. The molecule has 1 nitrogen and oxygen atoms in total. The minimum atomic E-state index is -0.715. The molecule has 0 radical (unpaired) electrons. The molecule has 5 heteroatoms.